The fourth-order valence-corrected chi connectivity index (χ4v) is 4.53. The van der Waals surface area contributed by atoms with E-state index in [9.17, 15) is 15.0 Å². The minimum Gasteiger partial charge on any atom is -0.396 e. The van der Waals surface area contributed by atoms with Crippen LogP contribution in [0.3, 0.4) is 0 Å². The Hall–Kier alpha value is -0.610. The van der Waals surface area contributed by atoms with Crippen LogP contribution in [-0.2, 0) is 4.79 Å². The van der Waals surface area contributed by atoms with Crippen molar-refractivity contribution < 1.29 is 15.0 Å². The van der Waals surface area contributed by atoms with Gasteiger partial charge in [-0.2, -0.15) is 0 Å². The number of amides is 1. The topological polar surface area (TPSA) is 83.6 Å². The molecule has 4 N–H and O–H groups in total. The molecule has 4 nitrogen and oxygen atoms in total. The fourth-order valence-electron chi connectivity index (χ4n) is 4.53. The summed E-state index contributed by atoms with van der Waals surface area (Å²) in [7, 11) is 0. The van der Waals surface area contributed by atoms with Crippen molar-refractivity contribution in [2.45, 2.75) is 117 Å². The molecule has 0 aromatic rings. The second-order valence-corrected chi connectivity index (χ2v) is 8.92. The molecular weight excluding hydrogens is 350 g/mol. The summed E-state index contributed by atoms with van der Waals surface area (Å²) in [6.07, 6.45) is 18.8. The summed E-state index contributed by atoms with van der Waals surface area (Å²) in [5.41, 5.74) is 4.91. The van der Waals surface area contributed by atoms with E-state index < -0.39 is 5.41 Å². The van der Waals surface area contributed by atoms with Crippen molar-refractivity contribution in [1.82, 2.24) is 0 Å². The minimum atomic E-state index is -0.805. The molecule has 1 amide bonds. The van der Waals surface area contributed by atoms with Gasteiger partial charge in [0, 0.05) is 13.2 Å². The van der Waals surface area contributed by atoms with Gasteiger partial charge in [0.25, 0.3) is 0 Å². The van der Waals surface area contributed by atoms with E-state index in [0.29, 0.717) is 6.42 Å². The van der Waals surface area contributed by atoms with E-state index >= 15 is 0 Å². The molecule has 0 aliphatic carbocycles. The van der Waals surface area contributed by atoms with Crippen molar-refractivity contribution in [3.8, 4) is 0 Å². The lowest BCUT2D eigenvalue weighted by atomic mass is 9.64. The molecule has 0 saturated heterocycles. The molecule has 0 radical (unpaired) electrons. The Morgan fingerprint density at radius 1 is 0.714 bits per heavy atom. The SMILES string of the molecule is CCCCCCCCCCCCCCCCC(C(N)=O)(C(C)CO)C(C)CO. The van der Waals surface area contributed by atoms with E-state index in [2.05, 4.69) is 6.92 Å². The molecule has 0 fully saturated rings. The van der Waals surface area contributed by atoms with Gasteiger partial charge in [-0.1, -0.05) is 111 Å². The van der Waals surface area contributed by atoms with Crippen LogP contribution in [-0.4, -0.2) is 29.3 Å². The first-order valence-electron chi connectivity index (χ1n) is 12.0. The fraction of sp³-hybridized carbons (Fsp3) is 0.958. The highest BCUT2D eigenvalue weighted by Crippen LogP contribution is 2.41. The molecule has 28 heavy (non-hydrogen) atoms. The van der Waals surface area contributed by atoms with Crippen molar-refractivity contribution in [2.75, 3.05) is 13.2 Å². The van der Waals surface area contributed by atoms with Crippen LogP contribution in [0.5, 0.6) is 0 Å². The summed E-state index contributed by atoms with van der Waals surface area (Å²) in [4.78, 5) is 12.2. The predicted molar refractivity (Wildman–Crippen MR) is 119 cm³/mol. The van der Waals surface area contributed by atoms with Gasteiger partial charge in [-0.3, -0.25) is 4.79 Å². The molecule has 0 aliphatic rings. The molecule has 4 heteroatoms. The molecule has 0 bridgehead atoms. The summed E-state index contributed by atoms with van der Waals surface area (Å²) < 4.78 is 0. The third kappa shape index (κ3) is 10.2. The molecular formula is C24H49NO3. The third-order valence-corrected chi connectivity index (χ3v) is 6.71. The van der Waals surface area contributed by atoms with Crippen molar-refractivity contribution >= 4 is 5.91 Å². The third-order valence-electron chi connectivity index (χ3n) is 6.71. The number of hydrogen-bond donors (Lipinski definition) is 3. The van der Waals surface area contributed by atoms with Gasteiger partial charge in [0.05, 0.1) is 5.41 Å². The zero-order valence-corrected chi connectivity index (χ0v) is 19.1. The number of aliphatic hydroxyl groups is 2. The average molecular weight is 400 g/mol. The Morgan fingerprint density at radius 3 is 1.32 bits per heavy atom. The number of rotatable bonds is 20. The molecule has 2 atom stereocenters. The largest absolute Gasteiger partial charge is 0.396 e. The van der Waals surface area contributed by atoms with Crippen molar-refractivity contribution in [2.24, 2.45) is 23.0 Å². The maximum absolute atomic E-state index is 12.2. The predicted octanol–water partition coefficient (Wildman–Crippen LogP) is 5.59. The Labute approximate surface area is 174 Å². The number of nitrogens with two attached hydrogens (primary N) is 1. The second kappa shape index (κ2) is 17.3. The average Bonchev–Trinajstić information content (AvgIpc) is 2.69. The van der Waals surface area contributed by atoms with Gasteiger partial charge in [0.15, 0.2) is 0 Å². The summed E-state index contributed by atoms with van der Waals surface area (Å²) in [5.74, 6) is -0.839. The minimum absolute atomic E-state index is 0.0775. The van der Waals surface area contributed by atoms with E-state index in [0.717, 1.165) is 12.8 Å². The van der Waals surface area contributed by atoms with Crippen LogP contribution in [0.2, 0.25) is 0 Å². The van der Waals surface area contributed by atoms with E-state index in [1.807, 2.05) is 13.8 Å². The Kier molecular flexibility index (Phi) is 16.9. The van der Waals surface area contributed by atoms with Crippen molar-refractivity contribution in [3.05, 3.63) is 0 Å². The van der Waals surface area contributed by atoms with Crippen LogP contribution >= 0.6 is 0 Å². The Morgan fingerprint density at radius 2 is 1.04 bits per heavy atom. The molecule has 2 unspecified atom stereocenters. The van der Waals surface area contributed by atoms with Crippen LogP contribution < -0.4 is 5.73 Å². The number of unbranched alkanes of at least 4 members (excludes halogenated alkanes) is 13. The van der Waals surface area contributed by atoms with E-state index in [1.54, 1.807) is 0 Å². The van der Waals surface area contributed by atoms with Gasteiger partial charge in [-0.25, -0.2) is 0 Å². The number of carbonyl (C=O) groups excluding carboxylic acids is 1. The highest BCUT2D eigenvalue weighted by Gasteiger charge is 2.45. The molecule has 0 aromatic heterocycles. The quantitative estimate of drug-likeness (QED) is 0.233. The summed E-state index contributed by atoms with van der Waals surface area (Å²) in [6, 6.07) is 0. The lowest BCUT2D eigenvalue weighted by Gasteiger charge is -2.40. The molecule has 0 spiro atoms. The van der Waals surface area contributed by atoms with Crippen LogP contribution in [0, 0.1) is 17.3 Å². The van der Waals surface area contributed by atoms with Crippen LogP contribution in [0.4, 0.5) is 0 Å². The Bertz CT molecular complexity index is 363. The Balaban J connectivity index is 3.88. The zero-order valence-electron chi connectivity index (χ0n) is 19.1. The van der Waals surface area contributed by atoms with E-state index in [1.165, 1.54) is 77.0 Å². The maximum atomic E-state index is 12.2. The first kappa shape index (κ1) is 27.4. The molecule has 0 aliphatic heterocycles. The van der Waals surface area contributed by atoms with Crippen LogP contribution in [0.25, 0.3) is 0 Å². The van der Waals surface area contributed by atoms with Gasteiger partial charge in [-0.15, -0.1) is 0 Å². The van der Waals surface area contributed by atoms with Gasteiger partial charge >= 0.3 is 0 Å². The van der Waals surface area contributed by atoms with Gasteiger partial charge in [0.2, 0.25) is 5.91 Å². The van der Waals surface area contributed by atoms with E-state index in [4.69, 9.17) is 5.73 Å². The van der Waals surface area contributed by atoms with Crippen molar-refractivity contribution in [1.29, 1.82) is 0 Å². The molecule has 168 valence electrons. The first-order chi connectivity index (χ1) is 13.5. The second-order valence-electron chi connectivity index (χ2n) is 8.92. The van der Waals surface area contributed by atoms with Gasteiger partial charge in [-0.05, 0) is 18.3 Å². The summed E-state index contributed by atoms with van der Waals surface area (Å²) >= 11 is 0. The lowest BCUT2D eigenvalue weighted by Crippen LogP contribution is -2.49. The number of aliphatic hydroxyl groups excluding tert-OH is 2. The highest BCUT2D eigenvalue weighted by molar-refractivity contribution is 5.81. The molecule has 0 saturated carbocycles. The van der Waals surface area contributed by atoms with E-state index in [-0.39, 0.29) is 31.0 Å². The standard InChI is InChI=1S/C24H49NO3/c1-4-5-6-7-8-9-10-11-12-13-14-15-16-17-18-24(23(25)28,21(2)19-26)22(3)20-27/h21-22,26-27H,4-20H2,1-3H3,(H2,25,28). The van der Waals surface area contributed by atoms with Gasteiger partial charge < -0.3 is 15.9 Å². The molecule has 0 aromatic carbocycles. The maximum Gasteiger partial charge on any atom is 0.224 e. The van der Waals surface area contributed by atoms with Crippen LogP contribution in [0.1, 0.15) is 117 Å². The summed E-state index contributed by atoms with van der Waals surface area (Å²) in [6.45, 7) is 5.83. The normalized spacial score (nSPS) is 15.9. The zero-order chi connectivity index (χ0) is 21.3. The van der Waals surface area contributed by atoms with Crippen LogP contribution in [0.15, 0.2) is 0 Å². The number of carbonyl (C=O) groups is 1. The van der Waals surface area contributed by atoms with Crippen molar-refractivity contribution in [3.63, 3.8) is 0 Å². The van der Waals surface area contributed by atoms with Gasteiger partial charge in [0.1, 0.15) is 0 Å². The summed E-state index contributed by atoms with van der Waals surface area (Å²) in [5, 5.41) is 19.2. The smallest absolute Gasteiger partial charge is 0.224 e. The molecule has 0 rings (SSSR count). The number of hydrogen-bond acceptors (Lipinski definition) is 3. The highest BCUT2D eigenvalue weighted by atomic mass is 16.3. The lowest BCUT2D eigenvalue weighted by molar-refractivity contribution is -0.138. The number of primary amides is 1. The molecule has 0 heterocycles. The first-order valence-corrected chi connectivity index (χ1v) is 12.0. The monoisotopic (exact) mass is 399 g/mol.